The quantitative estimate of drug-likeness (QED) is 0.573. The average molecular weight is 216 g/mol. The number of allylic oxidation sites excluding steroid dienone is 1. The van der Waals surface area contributed by atoms with Crippen LogP contribution in [0.5, 0.6) is 0 Å². The third-order valence-electron chi connectivity index (χ3n) is 3.16. The molecule has 0 N–H and O–H groups in total. The first-order chi connectivity index (χ1) is 6.62. The van der Waals surface area contributed by atoms with Gasteiger partial charge in [0.05, 0.1) is 23.7 Å². The highest BCUT2D eigenvalue weighted by atomic mass is 32.2. The topological polar surface area (TPSA) is 43.4 Å². The molecule has 1 fully saturated rings. The Labute approximate surface area is 85.1 Å². The zero-order valence-corrected chi connectivity index (χ0v) is 9.05. The van der Waals surface area contributed by atoms with Crippen LogP contribution in [0.25, 0.3) is 0 Å². The summed E-state index contributed by atoms with van der Waals surface area (Å²) in [7, 11) is -2.77. The normalized spacial score (nSPS) is 30.0. The van der Waals surface area contributed by atoms with Crippen molar-refractivity contribution in [2.45, 2.75) is 31.3 Å². The molecule has 0 bridgehead atoms. The van der Waals surface area contributed by atoms with E-state index in [1.54, 1.807) is 0 Å². The summed E-state index contributed by atoms with van der Waals surface area (Å²) in [4.78, 5) is 0. The van der Waals surface area contributed by atoms with E-state index < -0.39 is 9.84 Å². The van der Waals surface area contributed by atoms with Crippen molar-refractivity contribution in [1.29, 1.82) is 0 Å². The molecule has 3 nitrogen and oxygen atoms in total. The van der Waals surface area contributed by atoms with Gasteiger partial charge in [0, 0.05) is 0 Å². The number of sulfone groups is 1. The molecule has 0 amide bonds. The molecule has 0 unspecified atom stereocenters. The number of ether oxygens (including phenoxy) is 1. The third-order valence-corrected chi connectivity index (χ3v) is 4.81. The number of hydrogen-bond donors (Lipinski definition) is 0. The SMILES string of the molecule is O=S1(=O)CCC2(CCC=CCO2)CC1. The van der Waals surface area contributed by atoms with E-state index in [-0.39, 0.29) is 5.60 Å². The van der Waals surface area contributed by atoms with Crippen LogP contribution in [0.15, 0.2) is 12.2 Å². The Bertz CT molecular complexity index is 303. The smallest absolute Gasteiger partial charge is 0.150 e. The van der Waals surface area contributed by atoms with Crippen molar-refractivity contribution in [3.05, 3.63) is 12.2 Å². The summed E-state index contributed by atoms with van der Waals surface area (Å²) in [5.74, 6) is 0.597. The fraction of sp³-hybridized carbons (Fsp3) is 0.800. The predicted molar refractivity (Wildman–Crippen MR) is 54.9 cm³/mol. The van der Waals surface area contributed by atoms with E-state index in [4.69, 9.17) is 4.74 Å². The summed E-state index contributed by atoms with van der Waals surface area (Å²) in [5.41, 5.74) is -0.144. The van der Waals surface area contributed by atoms with Crippen molar-refractivity contribution < 1.29 is 13.2 Å². The van der Waals surface area contributed by atoms with Gasteiger partial charge in [-0.1, -0.05) is 12.2 Å². The summed E-state index contributed by atoms with van der Waals surface area (Å²) in [5, 5.41) is 0. The van der Waals surface area contributed by atoms with Gasteiger partial charge in [0.2, 0.25) is 0 Å². The molecule has 1 saturated heterocycles. The fourth-order valence-corrected chi connectivity index (χ4v) is 3.70. The molecule has 14 heavy (non-hydrogen) atoms. The van der Waals surface area contributed by atoms with E-state index in [0.717, 1.165) is 12.8 Å². The minimum Gasteiger partial charge on any atom is -0.371 e. The number of rotatable bonds is 0. The van der Waals surface area contributed by atoms with Gasteiger partial charge in [-0.3, -0.25) is 0 Å². The van der Waals surface area contributed by atoms with Gasteiger partial charge in [-0.05, 0) is 25.7 Å². The summed E-state index contributed by atoms with van der Waals surface area (Å²) in [6.07, 6.45) is 7.49. The van der Waals surface area contributed by atoms with Crippen molar-refractivity contribution in [3.63, 3.8) is 0 Å². The van der Waals surface area contributed by atoms with Crippen LogP contribution in [-0.4, -0.2) is 32.1 Å². The second kappa shape index (κ2) is 3.66. The standard InChI is InChI=1S/C10H16O3S/c11-14(12)8-5-10(6-9-14)4-2-1-3-7-13-10/h1,3H,2,4-9H2. The first kappa shape index (κ1) is 10.2. The Hall–Kier alpha value is -0.350. The Morgan fingerprint density at radius 2 is 1.79 bits per heavy atom. The summed E-state index contributed by atoms with van der Waals surface area (Å²) in [6, 6.07) is 0. The molecule has 2 heterocycles. The molecular weight excluding hydrogens is 200 g/mol. The fourth-order valence-electron chi connectivity index (χ4n) is 2.13. The van der Waals surface area contributed by atoms with Gasteiger partial charge in [0.25, 0.3) is 0 Å². The molecule has 2 aliphatic heterocycles. The molecule has 0 aromatic heterocycles. The van der Waals surface area contributed by atoms with Crippen molar-refractivity contribution in [1.82, 2.24) is 0 Å². The molecule has 0 aromatic carbocycles. The minimum absolute atomic E-state index is 0.144. The lowest BCUT2D eigenvalue weighted by Crippen LogP contribution is -2.41. The molecule has 0 aliphatic carbocycles. The zero-order chi connectivity index (χ0) is 10.1. The van der Waals surface area contributed by atoms with Crippen LogP contribution in [0, 0.1) is 0 Å². The Morgan fingerprint density at radius 3 is 2.50 bits per heavy atom. The zero-order valence-electron chi connectivity index (χ0n) is 8.24. The van der Waals surface area contributed by atoms with E-state index in [0.29, 0.717) is 31.0 Å². The lowest BCUT2D eigenvalue weighted by Gasteiger charge is -2.35. The van der Waals surface area contributed by atoms with Crippen molar-refractivity contribution in [2.24, 2.45) is 0 Å². The van der Waals surface area contributed by atoms with Gasteiger partial charge in [-0.15, -0.1) is 0 Å². The highest BCUT2D eigenvalue weighted by molar-refractivity contribution is 7.91. The maximum absolute atomic E-state index is 11.3. The maximum atomic E-state index is 11.3. The Morgan fingerprint density at radius 1 is 1.07 bits per heavy atom. The van der Waals surface area contributed by atoms with E-state index in [1.165, 1.54) is 0 Å². The molecule has 0 saturated carbocycles. The summed E-state index contributed by atoms with van der Waals surface area (Å²) < 4.78 is 28.4. The number of hydrogen-bond acceptors (Lipinski definition) is 3. The van der Waals surface area contributed by atoms with E-state index in [9.17, 15) is 8.42 Å². The van der Waals surface area contributed by atoms with E-state index >= 15 is 0 Å². The van der Waals surface area contributed by atoms with Crippen LogP contribution in [0.1, 0.15) is 25.7 Å². The summed E-state index contributed by atoms with van der Waals surface area (Å²) >= 11 is 0. The van der Waals surface area contributed by atoms with Crippen LogP contribution in [0.2, 0.25) is 0 Å². The molecule has 2 aliphatic rings. The lowest BCUT2D eigenvalue weighted by atomic mass is 9.91. The molecule has 1 spiro atoms. The highest BCUT2D eigenvalue weighted by Gasteiger charge is 2.37. The molecular formula is C10H16O3S. The predicted octanol–water partition coefficient (Wildman–Crippen LogP) is 1.30. The van der Waals surface area contributed by atoms with Crippen LogP contribution in [-0.2, 0) is 14.6 Å². The minimum atomic E-state index is -2.77. The van der Waals surface area contributed by atoms with E-state index in [1.807, 2.05) is 6.08 Å². The van der Waals surface area contributed by atoms with Crippen molar-refractivity contribution in [3.8, 4) is 0 Å². The molecule has 0 aromatic rings. The maximum Gasteiger partial charge on any atom is 0.150 e. The molecule has 0 radical (unpaired) electrons. The molecule has 0 atom stereocenters. The highest BCUT2D eigenvalue weighted by Crippen LogP contribution is 2.33. The van der Waals surface area contributed by atoms with Gasteiger partial charge in [-0.2, -0.15) is 0 Å². The van der Waals surface area contributed by atoms with Gasteiger partial charge in [0.1, 0.15) is 0 Å². The van der Waals surface area contributed by atoms with Crippen LogP contribution in [0.4, 0.5) is 0 Å². The van der Waals surface area contributed by atoms with E-state index in [2.05, 4.69) is 6.08 Å². The molecule has 4 heteroatoms. The van der Waals surface area contributed by atoms with Crippen LogP contribution < -0.4 is 0 Å². The lowest BCUT2D eigenvalue weighted by molar-refractivity contribution is -0.0407. The second-order valence-electron chi connectivity index (χ2n) is 4.16. The first-order valence-corrected chi connectivity index (χ1v) is 6.94. The molecule has 2 rings (SSSR count). The summed E-state index contributed by atoms with van der Waals surface area (Å²) in [6.45, 7) is 0.639. The Kier molecular flexibility index (Phi) is 2.66. The van der Waals surface area contributed by atoms with Crippen molar-refractivity contribution in [2.75, 3.05) is 18.1 Å². The van der Waals surface area contributed by atoms with Crippen molar-refractivity contribution >= 4 is 9.84 Å². The second-order valence-corrected chi connectivity index (χ2v) is 6.46. The van der Waals surface area contributed by atoms with Gasteiger partial charge in [0.15, 0.2) is 9.84 Å². The van der Waals surface area contributed by atoms with Crippen LogP contribution >= 0.6 is 0 Å². The largest absolute Gasteiger partial charge is 0.371 e. The first-order valence-electron chi connectivity index (χ1n) is 5.11. The monoisotopic (exact) mass is 216 g/mol. The van der Waals surface area contributed by atoms with Gasteiger partial charge < -0.3 is 4.74 Å². The molecule has 80 valence electrons. The van der Waals surface area contributed by atoms with Gasteiger partial charge >= 0.3 is 0 Å². The van der Waals surface area contributed by atoms with Crippen LogP contribution in [0.3, 0.4) is 0 Å². The van der Waals surface area contributed by atoms with Gasteiger partial charge in [-0.25, -0.2) is 8.42 Å². The average Bonchev–Trinajstić information content (AvgIpc) is 2.37. The Balaban J connectivity index is 2.04. The third kappa shape index (κ3) is 2.17.